The van der Waals surface area contributed by atoms with Crippen molar-refractivity contribution >= 4 is 29.0 Å². The molecule has 0 atom stereocenters. The molecule has 0 spiro atoms. The number of rotatable bonds is 5. The number of benzene rings is 2. The number of carbonyl (C=O) groups is 2. The van der Waals surface area contributed by atoms with E-state index in [1.807, 2.05) is 12.1 Å². The third kappa shape index (κ3) is 3.95. The van der Waals surface area contributed by atoms with Gasteiger partial charge in [-0.15, -0.1) is 4.73 Å². The van der Waals surface area contributed by atoms with Gasteiger partial charge in [-0.05, 0) is 24.3 Å². The lowest BCUT2D eigenvalue weighted by Crippen LogP contribution is -2.25. The number of para-hydroxylation sites is 3. The number of aliphatic imine (C=N–C) groups is 1. The first-order chi connectivity index (χ1) is 14.5. The molecule has 3 N–H and O–H groups in total. The average Bonchev–Trinajstić information content (AvgIpc) is 2.95. The van der Waals surface area contributed by atoms with E-state index in [1.54, 1.807) is 36.4 Å². The van der Waals surface area contributed by atoms with E-state index in [4.69, 9.17) is 9.57 Å². The zero-order valence-corrected chi connectivity index (χ0v) is 15.6. The largest absolute Gasteiger partial charge is 0.492 e. The lowest BCUT2D eigenvalue weighted by molar-refractivity contribution is -0.147. The molecule has 9 heteroatoms. The van der Waals surface area contributed by atoms with E-state index >= 15 is 0 Å². The van der Waals surface area contributed by atoms with Crippen molar-refractivity contribution in [2.45, 2.75) is 6.42 Å². The number of nitrogens with one attached hydrogen (secondary N) is 1. The molecule has 0 bridgehead atoms. The van der Waals surface area contributed by atoms with Gasteiger partial charge in [0.05, 0.1) is 23.5 Å². The van der Waals surface area contributed by atoms with Crippen LogP contribution in [0.3, 0.4) is 0 Å². The van der Waals surface area contributed by atoms with Crippen molar-refractivity contribution in [1.29, 1.82) is 0 Å². The second-order valence-corrected chi connectivity index (χ2v) is 6.39. The number of amides is 1. The van der Waals surface area contributed by atoms with E-state index in [9.17, 15) is 19.8 Å². The number of nitrogens with zero attached hydrogens (tertiary/aromatic N) is 2. The predicted octanol–water partition coefficient (Wildman–Crippen LogP) is 2.40. The van der Waals surface area contributed by atoms with Gasteiger partial charge >= 0.3 is 5.97 Å². The number of hydrogen-bond donors (Lipinski definition) is 3. The highest BCUT2D eigenvalue weighted by atomic mass is 16.7. The monoisotopic (exact) mass is 407 g/mol. The minimum Gasteiger partial charge on any atom is -0.492 e. The third-order valence-corrected chi connectivity index (χ3v) is 4.30. The van der Waals surface area contributed by atoms with E-state index in [0.717, 1.165) is 0 Å². The molecule has 2 heterocycles. The Labute approximate surface area is 170 Å². The Bertz CT molecular complexity index is 1130. The zero-order valence-electron chi connectivity index (χ0n) is 15.6. The van der Waals surface area contributed by atoms with Crippen molar-refractivity contribution in [1.82, 2.24) is 4.73 Å². The smallest absolute Gasteiger partial charge is 0.370 e. The summed E-state index contributed by atoms with van der Waals surface area (Å²) in [6.07, 6.45) is 0.0324. The summed E-state index contributed by atoms with van der Waals surface area (Å²) >= 11 is 0. The molecule has 3 aromatic rings. The van der Waals surface area contributed by atoms with Crippen LogP contribution in [-0.4, -0.2) is 39.1 Å². The van der Waals surface area contributed by atoms with E-state index in [2.05, 4.69) is 10.3 Å². The Balaban J connectivity index is 1.55. The molecular weight excluding hydrogens is 390 g/mol. The van der Waals surface area contributed by atoms with Crippen LogP contribution in [0.1, 0.15) is 12.0 Å². The fourth-order valence-corrected chi connectivity index (χ4v) is 2.95. The van der Waals surface area contributed by atoms with Crippen LogP contribution in [0.15, 0.2) is 65.7 Å². The molecule has 2 aromatic carbocycles. The van der Waals surface area contributed by atoms with Crippen LogP contribution in [0, 0.1) is 0 Å². The van der Waals surface area contributed by atoms with E-state index < -0.39 is 24.3 Å². The van der Waals surface area contributed by atoms with Crippen LogP contribution in [0.4, 0.5) is 11.4 Å². The highest BCUT2D eigenvalue weighted by Gasteiger charge is 2.20. The molecule has 1 aliphatic heterocycles. The highest BCUT2D eigenvalue weighted by molar-refractivity contribution is 6.17. The summed E-state index contributed by atoms with van der Waals surface area (Å²) < 4.78 is 6.16. The molecular formula is C21H17N3O6. The molecule has 4 rings (SSSR count). The summed E-state index contributed by atoms with van der Waals surface area (Å²) in [5.74, 6) is -1.59. The Kier molecular flexibility index (Phi) is 5.08. The Morgan fingerprint density at radius 2 is 1.73 bits per heavy atom. The fourth-order valence-electron chi connectivity index (χ4n) is 2.95. The second kappa shape index (κ2) is 8.00. The number of hydrogen-bond acceptors (Lipinski definition) is 7. The molecule has 1 amide bonds. The van der Waals surface area contributed by atoms with Crippen molar-refractivity contribution in [3.63, 3.8) is 0 Å². The van der Waals surface area contributed by atoms with Crippen LogP contribution in [0.25, 0.3) is 0 Å². The van der Waals surface area contributed by atoms with Gasteiger partial charge in [0.2, 0.25) is 17.7 Å². The zero-order chi connectivity index (χ0) is 21.1. The summed E-state index contributed by atoms with van der Waals surface area (Å²) in [4.78, 5) is 33.8. The van der Waals surface area contributed by atoms with Gasteiger partial charge in [-0.2, -0.15) is 0 Å². The van der Waals surface area contributed by atoms with Crippen LogP contribution >= 0.6 is 0 Å². The van der Waals surface area contributed by atoms with Gasteiger partial charge in [0.1, 0.15) is 5.75 Å². The van der Waals surface area contributed by atoms with Gasteiger partial charge in [-0.1, -0.05) is 24.3 Å². The van der Waals surface area contributed by atoms with Gasteiger partial charge in [0.25, 0.3) is 0 Å². The molecule has 30 heavy (non-hydrogen) atoms. The van der Waals surface area contributed by atoms with Crippen molar-refractivity contribution in [3.8, 4) is 17.5 Å². The number of fused-ring (bicyclic) bond motifs is 1. The summed E-state index contributed by atoms with van der Waals surface area (Å²) in [6, 6.07) is 16.4. The minimum absolute atomic E-state index is 0.0324. The van der Waals surface area contributed by atoms with Crippen LogP contribution in [0.5, 0.6) is 17.5 Å². The quantitative estimate of drug-likeness (QED) is 0.597. The molecule has 0 saturated carbocycles. The SMILES string of the molecule is O=C1CC(c2ccccc2OCC(=O)On2c(O)ccc2O)=Nc2ccccc2N1. The van der Waals surface area contributed by atoms with Crippen LogP contribution in [-0.2, 0) is 9.59 Å². The summed E-state index contributed by atoms with van der Waals surface area (Å²) in [5.41, 5.74) is 2.28. The first kappa shape index (κ1) is 19.1. The lowest BCUT2D eigenvalue weighted by Gasteiger charge is -2.12. The van der Waals surface area contributed by atoms with Crippen molar-refractivity contribution in [2.24, 2.45) is 4.99 Å². The number of anilines is 1. The van der Waals surface area contributed by atoms with E-state index in [-0.39, 0.29) is 12.3 Å². The molecule has 0 unspecified atom stereocenters. The predicted molar refractivity (Wildman–Crippen MR) is 107 cm³/mol. The highest BCUT2D eigenvalue weighted by Crippen LogP contribution is 2.30. The van der Waals surface area contributed by atoms with E-state index in [0.29, 0.717) is 33.1 Å². The summed E-state index contributed by atoms with van der Waals surface area (Å²) in [5, 5.41) is 21.9. The molecule has 1 aliphatic rings. The fraction of sp³-hybridized carbons (Fsp3) is 0.0952. The first-order valence-corrected chi connectivity index (χ1v) is 9.01. The number of aromatic nitrogens is 1. The maximum absolute atomic E-state index is 12.3. The van der Waals surface area contributed by atoms with Gasteiger partial charge in [0, 0.05) is 17.7 Å². The van der Waals surface area contributed by atoms with Crippen LogP contribution < -0.4 is 14.9 Å². The number of ether oxygens (including phenoxy) is 1. The Hall–Kier alpha value is -4.27. The Morgan fingerprint density at radius 3 is 2.53 bits per heavy atom. The minimum atomic E-state index is -0.850. The Morgan fingerprint density at radius 1 is 1.03 bits per heavy atom. The van der Waals surface area contributed by atoms with Gasteiger partial charge in [-0.3, -0.25) is 4.79 Å². The normalized spacial score (nSPS) is 12.9. The number of aromatic hydroxyl groups is 2. The van der Waals surface area contributed by atoms with Gasteiger partial charge in [0.15, 0.2) is 6.61 Å². The first-order valence-electron chi connectivity index (χ1n) is 9.01. The summed E-state index contributed by atoms with van der Waals surface area (Å²) in [7, 11) is 0. The summed E-state index contributed by atoms with van der Waals surface area (Å²) in [6.45, 7) is -0.496. The number of carbonyl (C=O) groups excluding carboxylic acids is 2. The average molecular weight is 407 g/mol. The lowest BCUT2D eigenvalue weighted by atomic mass is 10.1. The maximum Gasteiger partial charge on any atom is 0.370 e. The van der Waals surface area contributed by atoms with Gasteiger partial charge in [-0.25, -0.2) is 9.79 Å². The molecule has 0 aliphatic carbocycles. The van der Waals surface area contributed by atoms with Crippen molar-refractivity contribution in [2.75, 3.05) is 11.9 Å². The molecule has 9 nitrogen and oxygen atoms in total. The molecule has 0 radical (unpaired) electrons. The van der Waals surface area contributed by atoms with Crippen molar-refractivity contribution < 1.29 is 29.4 Å². The van der Waals surface area contributed by atoms with Crippen LogP contribution in [0.2, 0.25) is 0 Å². The third-order valence-electron chi connectivity index (χ3n) is 4.30. The molecule has 152 valence electrons. The molecule has 0 fully saturated rings. The van der Waals surface area contributed by atoms with Crippen molar-refractivity contribution in [3.05, 3.63) is 66.2 Å². The topological polar surface area (TPSA) is 122 Å². The molecule has 0 saturated heterocycles. The van der Waals surface area contributed by atoms with Gasteiger partial charge < -0.3 is 25.1 Å². The molecule has 1 aromatic heterocycles. The second-order valence-electron chi connectivity index (χ2n) is 6.39. The standard InChI is InChI=1S/C21H17N3O6/c25-18-11-16(22-14-6-2-3-7-15(14)23-18)13-5-1-4-8-17(13)29-12-21(28)30-24-19(26)9-10-20(24)27/h1-10,26-27H,11-12H2,(H,23,25). The maximum atomic E-state index is 12.3. The van der Waals surface area contributed by atoms with E-state index in [1.165, 1.54) is 12.1 Å².